The van der Waals surface area contributed by atoms with Gasteiger partial charge in [0.1, 0.15) is 0 Å². The van der Waals surface area contributed by atoms with Crippen LogP contribution in [0.5, 0.6) is 0 Å². The lowest BCUT2D eigenvalue weighted by atomic mass is 10.2. The number of ether oxygens (including phenoxy) is 2. The van der Waals surface area contributed by atoms with Gasteiger partial charge in [0.05, 0.1) is 19.3 Å². The van der Waals surface area contributed by atoms with Crippen molar-refractivity contribution in [3.05, 3.63) is 0 Å². The van der Waals surface area contributed by atoms with Crippen LogP contribution in [0.1, 0.15) is 34.1 Å². The van der Waals surface area contributed by atoms with E-state index in [1.165, 1.54) is 6.42 Å². The molecule has 1 rings (SSSR count). The van der Waals surface area contributed by atoms with Crippen LogP contribution in [0.3, 0.4) is 0 Å². The maximum Gasteiger partial charge on any atom is 0.162 e. The Hall–Kier alpha value is -0.160. The van der Waals surface area contributed by atoms with Gasteiger partial charge in [-0.2, -0.15) is 0 Å². The largest absolute Gasteiger partial charge is 0.349 e. The predicted octanol–water partition coefficient (Wildman–Crippen LogP) is 1.46. The fourth-order valence-corrected chi connectivity index (χ4v) is 1.79. The van der Waals surface area contributed by atoms with Crippen molar-refractivity contribution in [2.45, 2.75) is 52.0 Å². The van der Waals surface area contributed by atoms with Crippen LogP contribution >= 0.6 is 0 Å². The Kier molecular flexibility index (Phi) is 5.86. The SMILES string of the molecule is CCC(C)N(C)CCNC1COC(C)(C)OC1. The molecule has 0 aromatic carbocycles. The summed E-state index contributed by atoms with van der Waals surface area (Å²) in [4.78, 5) is 2.38. The quantitative estimate of drug-likeness (QED) is 0.767. The van der Waals surface area contributed by atoms with Crippen LogP contribution in [-0.2, 0) is 9.47 Å². The highest BCUT2D eigenvalue weighted by molar-refractivity contribution is 4.74. The first-order valence-corrected chi connectivity index (χ1v) is 6.66. The molecule has 0 saturated carbocycles. The molecule has 0 spiro atoms. The summed E-state index contributed by atoms with van der Waals surface area (Å²) in [5.74, 6) is -0.411. The molecule has 0 aliphatic carbocycles. The molecule has 4 nitrogen and oxygen atoms in total. The van der Waals surface area contributed by atoms with Gasteiger partial charge in [-0.3, -0.25) is 0 Å². The highest BCUT2D eigenvalue weighted by Gasteiger charge is 2.27. The molecule has 17 heavy (non-hydrogen) atoms. The monoisotopic (exact) mass is 244 g/mol. The van der Waals surface area contributed by atoms with Gasteiger partial charge in [0.2, 0.25) is 0 Å². The second kappa shape index (κ2) is 6.69. The summed E-state index contributed by atoms with van der Waals surface area (Å²) < 4.78 is 11.2. The van der Waals surface area contributed by atoms with E-state index in [2.05, 4.69) is 31.1 Å². The minimum atomic E-state index is -0.411. The van der Waals surface area contributed by atoms with Gasteiger partial charge in [-0.05, 0) is 34.2 Å². The van der Waals surface area contributed by atoms with Crippen molar-refractivity contribution in [3.8, 4) is 0 Å². The number of rotatable bonds is 6. The zero-order valence-electron chi connectivity index (χ0n) is 12.0. The fraction of sp³-hybridized carbons (Fsp3) is 1.00. The maximum absolute atomic E-state index is 5.61. The van der Waals surface area contributed by atoms with Crippen LogP contribution in [0.2, 0.25) is 0 Å². The second-order valence-electron chi connectivity index (χ2n) is 5.41. The zero-order chi connectivity index (χ0) is 12.9. The zero-order valence-corrected chi connectivity index (χ0v) is 12.0. The summed E-state index contributed by atoms with van der Waals surface area (Å²) in [6.07, 6.45) is 1.19. The molecule has 1 atom stereocenters. The van der Waals surface area contributed by atoms with Gasteiger partial charge >= 0.3 is 0 Å². The smallest absolute Gasteiger partial charge is 0.162 e. The Morgan fingerprint density at radius 3 is 2.47 bits per heavy atom. The molecule has 1 aliphatic rings. The third-order valence-electron chi connectivity index (χ3n) is 3.51. The first-order valence-electron chi connectivity index (χ1n) is 6.66. The third kappa shape index (κ3) is 5.34. The van der Waals surface area contributed by atoms with Gasteiger partial charge < -0.3 is 19.7 Å². The van der Waals surface area contributed by atoms with Gasteiger partial charge in [0, 0.05) is 19.1 Å². The molecule has 4 heteroatoms. The van der Waals surface area contributed by atoms with Crippen LogP contribution in [-0.4, -0.2) is 56.1 Å². The van der Waals surface area contributed by atoms with E-state index < -0.39 is 5.79 Å². The summed E-state index contributed by atoms with van der Waals surface area (Å²) in [6.45, 7) is 11.9. The van der Waals surface area contributed by atoms with E-state index >= 15 is 0 Å². The lowest BCUT2D eigenvalue weighted by molar-refractivity contribution is -0.252. The van der Waals surface area contributed by atoms with Crippen LogP contribution < -0.4 is 5.32 Å². The molecule has 0 aromatic rings. The molecule has 1 N–H and O–H groups in total. The van der Waals surface area contributed by atoms with Crippen LogP contribution in [0.15, 0.2) is 0 Å². The summed E-state index contributed by atoms with van der Waals surface area (Å²) in [7, 11) is 2.17. The molecule has 1 aliphatic heterocycles. The second-order valence-corrected chi connectivity index (χ2v) is 5.41. The van der Waals surface area contributed by atoms with E-state index in [1.807, 2.05) is 13.8 Å². The average Bonchev–Trinajstić information content (AvgIpc) is 2.30. The van der Waals surface area contributed by atoms with Gasteiger partial charge in [-0.15, -0.1) is 0 Å². The van der Waals surface area contributed by atoms with Gasteiger partial charge in [0.25, 0.3) is 0 Å². The van der Waals surface area contributed by atoms with Crippen molar-refractivity contribution in [1.29, 1.82) is 0 Å². The fourth-order valence-electron chi connectivity index (χ4n) is 1.79. The predicted molar refractivity (Wildman–Crippen MR) is 70.2 cm³/mol. The molecule has 0 amide bonds. The summed E-state index contributed by atoms with van der Waals surface area (Å²) in [5, 5.41) is 3.48. The Morgan fingerprint density at radius 2 is 1.94 bits per heavy atom. The van der Waals surface area contributed by atoms with Crippen LogP contribution in [0, 0.1) is 0 Å². The molecule has 102 valence electrons. The van der Waals surface area contributed by atoms with Gasteiger partial charge in [0.15, 0.2) is 5.79 Å². The number of hydrogen-bond donors (Lipinski definition) is 1. The van der Waals surface area contributed by atoms with Crippen molar-refractivity contribution in [1.82, 2.24) is 10.2 Å². The number of nitrogens with one attached hydrogen (secondary N) is 1. The molecule has 0 aromatic heterocycles. The minimum absolute atomic E-state index is 0.327. The first kappa shape index (κ1) is 14.9. The van der Waals surface area contributed by atoms with E-state index in [0.717, 1.165) is 26.3 Å². The van der Waals surface area contributed by atoms with E-state index in [1.54, 1.807) is 0 Å². The Bertz CT molecular complexity index is 211. The summed E-state index contributed by atoms with van der Waals surface area (Å²) >= 11 is 0. The molecule has 1 saturated heterocycles. The average molecular weight is 244 g/mol. The van der Waals surface area contributed by atoms with Gasteiger partial charge in [-0.25, -0.2) is 0 Å². The maximum atomic E-state index is 5.61. The molecule has 1 unspecified atom stereocenters. The van der Waals surface area contributed by atoms with Crippen molar-refractivity contribution < 1.29 is 9.47 Å². The lowest BCUT2D eigenvalue weighted by Crippen LogP contribution is -2.50. The van der Waals surface area contributed by atoms with E-state index in [4.69, 9.17) is 9.47 Å². The molecular formula is C13H28N2O2. The number of hydrogen-bond acceptors (Lipinski definition) is 4. The van der Waals surface area contributed by atoms with Gasteiger partial charge in [-0.1, -0.05) is 6.92 Å². The molecule has 0 bridgehead atoms. The Morgan fingerprint density at radius 1 is 1.35 bits per heavy atom. The van der Waals surface area contributed by atoms with Crippen molar-refractivity contribution in [2.75, 3.05) is 33.4 Å². The van der Waals surface area contributed by atoms with Crippen molar-refractivity contribution in [2.24, 2.45) is 0 Å². The summed E-state index contributed by atoms with van der Waals surface area (Å²) in [5.41, 5.74) is 0. The van der Waals surface area contributed by atoms with E-state index in [0.29, 0.717) is 12.1 Å². The molecule has 0 radical (unpaired) electrons. The van der Waals surface area contributed by atoms with Crippen molar-refractivity contribution >= 4 is 0 Å². The minimum Gasteiger partial charge on any atom is -0.349 e. The van der Waals surface area contributed by atoms with E-state index in [-0.39, 0.29) is 0 Å². The lowest BCUT2D eigenvalue weighted by Gasteiger charge is -2.35. The van der Waals surface area contributed by atoms with Crippen LogP contribution in [0.25, 0.3) is 0 Å². The number of likely N-dealkylation sites (N-methyl/N-ethyl adjacent to an activating group) is 1. The highest BCUT2D eigenvalue weighted by Crippen LogP contribution is 2.16. The highest BCUT2D eigenvalue weighted by atomic mass is 16.7. The normalized spacial score (nSPS) is 22.9. The third-order valence-corrected chi connectivity index (χ3v) is 3.51. The van der Waals surface area contributed by atoms with Crippen molar-refractivity contribution in [3.63, 3.8) is 0 Å². The standard InChI is InChI=1S/C13H28N2O2/c1-6-11(2)15(5)8-7-14-12-9-16-13(3,4)17-10-12/h11-12,14H,6-10H2,1-5H3. The molecular weight excluding hydrogens is 216 g/mol. The first-order chi connectivity index (χ1) is 7.94. The summed E-state index contributed by atoms with van der Waals surface area (Å²) in [6, 6.07) is 0.975. The number of nitrogens with zero attached hydrogens (tertiary/aromatic N) is 1. The Labute approximate surface area is 106 Å². The van der Waals surface area contributed by atoms with E-state index in [9.17, 15) is 0 Å². The van der Waals surface area contributed by atoms with Crippen LogP contribution in [0.4, 0.5) is 0 Å². The molecule has 1 heterocycles. The molecule has 1 fully saturated rings. The Balaban J connectivity index is 2.12. The topological polar surface area (TPSA) is 33.7 Å².